The van der Waals surface area contributed by atoms with Crippen LogP contribution in [0.25, 0.3) is 0 Å². The number of anilines is 1. The first kappa shape index (κ1) is 23.5. The molecule has 0 spiro atoms. The van der Waals surface area contributed by atoms with Gasteiger partial charge >= 0.3 is 6.18 Å². The van der Waals surface area contributed by atoms with Crippen LogP contribution in [0.2, 0.25) is 0 Å². The third-order valence-electron chi connectivity index (χ3n) is 4.17. The lowest BCUT2D eigenvalue weighted by atomic mass is 10.1. The maximum atomic E-state index is 13.8. The number of rotatable bonds is 10. The molecule has 2 rings (SSSR count). The van der Waals surface area contributed by atoms with Crippen molar-refractivity contribution >= 4 is 11.6 Å². The monoisotopic (exact) mass is 431 g/mol. The number of amides is 1. The van der Waals surface area contributed by atoms with Gasteiger partial charge in [0.1, 0.15) is 17.2 Å². The Bertz CT molecular complexity index is 859. The molecule has 5 nitrogen and oxygen atoms in total. The van der Waals surface area contributed by atoms with Gasteiger partial charge in [-0.15, -0.1) is 0 Å². The molecule has 0 bridgehead atoms. The SMILES string of the molecule is CCCCCCCCOc1nc(C(F)(F)F)ncc1C(=O)Nc1ccc(F)cc1F. The minimum Gasteiger partial charge on any atom is -0.477 e. The van der Waals surface area contributed by atoms with Gasteiger partial charge in [0.2, 0.25) is 11.7 Å². The minimum absolute atomic E-state index is 0.0611. The van der Waals surface area contributed by atoms with E-state index in [0.29, 0.717) is 18.7 Å². The van der Waals surface area contributed by atoms with Crippen LogP contribution >= 0.6 is 0 Å². The van der Waals surface area contributed by atoms with Crippen LogP contribution in [-0.2, 0) is 6.18 Å². The van der Waals surface area contributed by atoms with Crippen molar-refractivity contribution in [1.29, 1.82) is 0 Å². The first-order chi connectivity index (χ1) is 14.2. The molecule has 1 aromatic carbocycles. The third-order valence-corrected chi connectivity index (χ3v) is 4.17. The summed E-state index contributed by atoms with van der Waals surface area (Å²) in [5.74, 6) is -4.86. The summed E-state index contributed by atoms with van der Waals surface area (Å²) in [6.45, 7) is 2.15. The predicted molar refractivity (Wildman–Crippen MR) is 100 cm³/mol. The molecule has 0 aliphatic heterocycles. The van der Waals surface area contributed by atoms with Gasteiger partial charge in [0.15, 0.2) is 0 Å². The Balaban J connectivity index is 2.13. The van der Waals surface area contributed by atoms with E-state index in [2.05, 4.69) is 22.2 Å². The molecule has 0 aliphatic carbocycles. The Labute approximate surface area is 170 Å². The lowest BCUT2D eigenvalue weighted by Crippen LogP contribution is -2.19. The summed E-state index contributed by atoms with van der Waals surface area (Å²) < 4.78 is 70.9. The molecule has 2 aromatic rings. The average Bonchev–Trinajstić information content (AvgIpc) is 2.68. The van der Waals surface area contributed by atoms with Crippen LogP contribution in [0, 0.1) is 11.6 Å². The smallest absolute Gasteiger partial charge is 0.451 e. The Hall–Kier alpha value is -2.78. The Kier molecular flexibility index (Phi) is 8.49. The van der Waals surface area contributed by atoms with Crippen LogP contribution in [0.15, 0.2) is 24.4 Å². The molecule has 164 valence electrons. The fourth-order valence-corrected chi connectivity index (χ4v) is 2.60. The Morgan fingerprint density at radius 2 is 1.80 bits per heavy atom. The van der Waals surface area contributed by atoms with Gasteiger partial charge in [-0.3, -0.25) is 4.79 Å². The molecule has 30 heavy (non-hydrogen) atoms. The Morgan fingerprint density at radius 1 is 1.10 bits per heavy atom. The molecular formula is C20H22F5N3O2. The van der Waals surface area contributed by atoms with Crippen LogP contribution in [0.5, 0.6) is 5.88 Å². The number of benzene rings is 1. The standard InChI is InChI=1S/C20H22F5N3O2/c1-2-3-4-5-6-7-10-30-18-14(12-26-19(28-18)20(23,24)25)17(29)27-16-9-8-13(21)11-15(16)22/h8-9,11-12H,2-7,10H2,1H3,(H,27,29). The van der Waals surface area contributed by atoms with Crippen molar-refractivity contribution in [3.8, 4) is 5.88 Å². The number of unbranched alkanes of at least 4 members (excludes halogenated alkanes) is 5. The molecule has 0 unspecified atom stereocenters. The van der Waals surface area contributed by atoms with Crippen molar-refractivity contribution < 1.29 is 31.5 Å². The van der Waals surface area contributed by atoms with Crippen molar-refractivity contribution in [3.05, 3.63) is 47.4 Å². The number of hydrogen-bond acceptors (Lipinski definition) is 4. The first-order valence-electron chi connectivity index (χ1n) is 9.55. The van der Waals surface area contributed by atoms with Crippen molar-refractivity contribution in [2.75, 3.05) is 11.9 Å². The number of alkyl halides is 3. The van der Waals surface area contributed by atoms with Crippen molar-refractivity contribution in [2.24, 2.45) is 0 Å². The zero-order valence-electron chi connectivity index (χ0n) is 16.4. The predicted octanol–water partition coefficient (Wildman–Crippen LogP) is 5.77. The molecule has 1 aromatic heterocycles. The van der Waals surface area contributed by atoms with E-state index < -0.39 is 41.0 Å². The van der Waals surface area contributed by atoms with E-state index in [4.69, 9.17) is 4.74 Å². The molecular weight excluding hydrogens is 409 g/mol. The molecule has 0 fully saturated rings. The van der Waals surface area contributed by atoms with Gasteiger partial charge in [-0.05, 0) is 18.6 Å². The fraction of sp³-hybridized carbons (Fsp3) is 0.450. The molecule has 0 radical (unpaired) electrons. The van der Waals surface area contributed by atoms with Crippen molar-refractivity contribution in [2.45, 2.75) is 51.6 Å². The maximum Gasteiger partial charge on any atom is 0.451 e. The van der Waals surface area contributed by atoms with Crippen LogP contribution in [0.4, 0.5) is 27.6 Å². The number of aromatic nitrogens is 2. The van der Waals surface area contributed by atoms with Gasteiger partial charge in [-0.1, -0.05) is 39.0 Å². The van der Waals surface area contributed by atoms with Gasteiger partial charge in [-0.25, -0.2) is 13.8 Å². The Morgan fingerprint density at radius 3 is 2.47 bits per heavy atom. The second kappa shape index (κ2) is 10.8. The van der Waals surface area contributed by atoms with Crippen LogP contribution in [0.3, 0.4) is 0 Å². The largest absolute Gasteiger partial charge is 0.477 e. The number of carbonyl (C=O) groups is 1. The lowest BCUT2D eigenvalue weighted by Gasteiger charge is -2.13. The fourth-order valence-electron chi connectivity index (χ4n) is 2.60. The summed E-state index contributed by atoms with van der Waals surface area (Å²) in [6, 6.07) is 2.48. The minimum atomic E-state index is -4.82. The summed E-state index contributed by atoms with van der Waals surface area (Å²) in [6.07, 6.45) is 1.45. The maximum absolute atomic E-state index is 13.8. The quantitative estimate of drug-likeness (QED) is 0.383. The zero-order chi connectivity index (χ0) is 22.1. The third kappa shape index (κ3) is 6.93. The summed E-state index contributed by atoms with van der Waals surface area (Å²) in [4.78, 5) is 18.9. The number of nitrogens with one attached hydrogen (secondary N) is 1. The van der Waals surface area contributed by atoms with Gasteiger partial charge in [-0.2, -0.15) is 18.2 Å². The molecule has 0 saturated carbocycles. The zero-order valence-corrected chi connectivity index (χ0v) is 16.4. The summed E-state index contributed by atoms with van der Waals surface area (Å²) in [5, 5.41) is 2.16. The topological polar surface area (TPSA) is 64.1 Å². The highest BCUT2D eigenvalue weighted by Crippen LogP contribution is 2.29. The molecule has 1 N–H and O–H groups in total. The first-order valence-corrected chi connectivity index (χ1v) is 9.55. The molecule has 10 heteroatoms. The van der Waals surface area contributed by atoms with E-state index in [1.165, 1.54) is 0 Å². The van der Waals surface area contributed by atoms with E-state index in [0.717, 1.165) is 44.2 Å². The number of halogens is 5. The second-order valence-electron chi connectivity index (χ2n) is 6.60. The van der Waals surface area contributed by atoms with Crippen LogP contribution in [0.1, 0.15) is 61.6 Å². The molecule has 0 aliphatic rings. The van der Waals surface area contributed by atoms with Gasteiger partial charge in [0.05, 0.1) is 12.3 Å². The highest BCUT2D eigenvalue weighted by Gasteiger charge is 2.36. The van der Waals surface area contributed by atoms with Gasteiger partial charge in [0.25, 0.3) is 5.91 Å². The average molecular weight is 431 g/mol. The molecule has 1 heterocycles. The van der Waals surface area contributed by atoms with Crippen molar-refractivity contribution in [1.82, 2.24) is 9.97 Å². The number of ether oxygens (including phenoxy) is 1. The van der Waals surface area contributed by atoms with E-state index in [1.54, 1.807) is 0 Å². The van der Waals surface area contributed by atoms with Crippen LogP contribution < -0.4 is 10.1 Å². The summed E-state index contributed by atoms with van der Waals surface area (Å²) >= 11 is 0. The number of nitrogens with zero attached hydrogens (tertiary/aromatic N) is 2. The van der Waals surface area contributed by atoms with Crippen LogP contribution in [-0.4, -0.2) is 22.5 Å². The van der Waals surface area contributed by atoms with E-state index in [-0.39, 0.29) is 12.3 Å². The summed E-state index contributed by atoms with van der Waals surface area (Å²) in [7, 11) is 0. The van der Waals surface area contributed by atoms with E-state index in [9.17, 15) is 26.7 Å². The highest BCUT2D eigenvalue weighted by molar-refractivity contribution is 6.05. The normalized spacial score (nSPS) is 11.4. The molecule has 0 atom stereocenters. The van der Waals surface area contributed by atoms with Crippen molar-refractivity contribution in [3.63, 3.8) is 0 Å². The van der Waals surface area contributed by atoms with E-state index >= 15 is 0 Å². The summed E-state index contributed by atoms with van der Waals surface area (Å²) in [5.41, 5.74) is -0.735. The van der Waals surface area contributed by atoms with Gasteiger partial charge < -0.3 is 10.1 Å². The van der Waals surface area contributed by atoms with Gasteiger partial charge in [0, 0.05) is 12.3 Å². The lowest BCUT2D eigenvalue weighted by molar-refractivity contribution is -0.145. The molecule has 0 saturated heterocycles. The second-order valence-corrected chi connectivity index (χ2v) is 6.60. The number of hydrogen-bond donors (Lipinski definition) is 1. The van der Waals surface area contributed by atoms with E-state index in [1.807, 2.05) is 0 Å². The number of carbonyl (C=O) groups excluding carboxylic acids is 1. The highest BCUT2D eigenvalue weighted by atomic mass is 19.4. The molecule has 1 amide bonds.